The predicted octanol–water partition coefficient (Wildman–Crippen LogP) is -1.01. The first-order chi connectivity index (χ1) is 5.22. The highest BCUT2D eigenvalue weighted by Crippen LogP contribution is 1.83. The molecule has 0 bridgehead atoms. The molecule has 0 aliphatic carbocycles. The van der Waals surface area contributed by atoms with Crippen LogP contribution in [-0.4, -0.2) is 16.5 Å². The van der Waals surface area contributed by atoms with Crippen molar-refractivity contribution in [1.82, 2.24) is 9.97 Å². The third-order valence-electron chi connectivity index (χ3n) is 1.23. The van der Waals surface area contributed by atoms with E-state index < -0.39 is 11.2 Å². The highest BCUT2D eigenvalue weighted by atomic mass is 35.5. The number of rotatable bonds is 2. The maximum Gasteiger partial charge on any atom is 0.325 e. The molecule has 6 heteroatoms. The normalized spacial score (nSPS) is 9.08. The molecule has 0 saturated heterocycles. The van der Waals surface area contributed by atoms with Gasteiger partial charge in [-0.05, 0) is 6.54 Å². The van der Waals surface area contributed by atoms with Crippen molar-refractivity contribution in [3.8, 4) is 0 Å². The first-order valence-corrected chi connectivity index (χ1v) is 3.25. The van der Waals surface area contributed by atoms with Crippen LogP contribution in [0, 0.1) is 0 Å². The Morgan fingerprint density at radius 3 is 2.50 bits per heavy atom. The molecule has 1 heterocycles. The molecule has 0 fully saturated rings. The summed E-state index contributed by atoms with van der Waals surface area (Å²) >= 11 is 0. The van der Waals surface area contributed by atoms with Crippen LogP contribution in [0.1, 0.15) is 5.69 Å². The van der Waals surface area contributed by atoms with Gasteiger partial charge in [-0.3, -0.25) is 9.78 Å². The molecule has 1 aromatic heterocycles. The molecule has 68 valence electrons. The van der Waals surface area contributed by atoms with E-state index in [1.54, 1.807) is 0 Å². The van der Waals surface area contributed by atoms with E-state index in [0.29, 0.717) is 18.7 Å². The van der Waals surface area contributed by atoms with Gasteiger partial charge in [0.1, 0.15) is 0 Å². The van der Waals surface area contributed by atoms with E-state index in [4.69, 9.17) is 5.73 Å². The smallest absolute Gasteiger partial charge is 0.325 e. The molecule has 0 spiro atoms. The number of H-pyrrole nitrogens is 2. The van der Waals surface area contributed by atoms with E-state index in [-0.39, 0.29) is 12.4 Å². The lowest BCUT2D eigenvalue weighted by Gasteiger charge is -1.94. The zero-order chi connectivity index (χ0) is 8.27. The molecule has 0 aliphatic rings. The molecule has 0 unspecified atom stereocenters. The highest BCUT2D eigenvalue weighted by Gasteiger charge is 1.93. The monoisotopic (exact) mass is 191 g/mol. The molecule has 5 nitrogen and oxygen atoms in total. The second-order valence-electron chi connectivity index (χ2n) is 2.15. The van der Waals surface area contributed by atoms with Crippen molar-refractivity contribution >= 4 is 12.4 Å². The third-order valence-corrected chi connectivity index (χ3v) is 1.23. The average molecular weight is 192 g/mol. The summed E-state index contributed by atoms with van der Waals surface area (Å²) in [6.07, 6.45) is 0.513. The maximum atomic E-state index is 10.7. The molecule has 0 saturated carbocycles. The van der Waals surface area contributed by atoms with Gasteiger partial charge in [0, 0.05) is 18.2 Å². The van der Waals surface area contributed by atoms with Gasteiger partial charge in [0.05, 0.1) is 0 Å². The van der Waals surface area contributed by atoms with Crippen LogP contribution >= 0.6 is 12.4 Å². The summed E-state index contributed by atoms with van der Waals surface area (Å²) in [5, 5.41) is 0. The Morgan fingerprint density at radius 1 is 1.33 bits per heavy atom. The molecule has 0 amide bonds. The Hall–Kier alpha value is -1.07. The van der Waals surface area contributed by atoms with Crippen molar-refractivity contribution in [3.63, 3.8) is 0 Å². The summed E-state index contributed by atoms with van der Waals surface area (Å²) in [4.78, 5) is 25.8. The van der Waals surface area contributed by atoms with E-state index in [1.165, 1.54) is 6.07 Å². The van der Waals surface area contributed by atoms with Gasteiger partial charge in [-0.1, -0.05) is 0 Å². The number of halogens is 1. The summed E-state index contributed by atoms with van der Waals surface area (Å²) in [5.74, 6) is 0. The minimum absolute atomic E-state index is 0. The van der Waals surface area contributed by atoms with E-state index in [2.05, 4.69) is 9.97 Å². The minimum atomic E-state index is -0.485. The van der Waals surface area contributed by atoms with Gasteiger partial charge >= 0.3 is 5.69 Å². The molecule has 0 aromatic carbocycles. The zero-order valence-electron chi connectivity index (χ0n) is 6.29. The SMILES string of the molecule is Cl.NCCc1cc(=O)[nH]c(=O)[nH]1. The van der Waals surface area contributed by atoms with Gasteiger partial charge in [0.2, 0.25) is 0 Å². The van der Waals surface area contributed by atoms with Crippen LogP contribution in [0.25, 0.3) is 0 Å². The number of aromatic nitrogens is 2. The molecule has 4 N–H and O–H groups in total. The lowest BCUT2D eigenvalue weighted by atomic mass is 10.3. The molecular formula is C6H10ClN3O2. The van der Waals surface area contributed by atoms with Crippen molar-refractivity contribution in [2.45, 2.75) is 6.42 Å². The number of nitrogens with one attached hydrogen (secondary N) is 2. The zero-order valence-corrected chi connectivity index (χ0v) is 7.11. The largest absolute Gasteiger partial charge is 0.330 e. The highest BCUT2D eigenvalue weighted by molar-refractivity contribution is 5.85. The quantitative estimate of drug-likeness (QED) is 0.559. The average Bonchev–Trinajstić information content (AvgIpc) is 1.85. The Kier molecular flexibility index (Phi) is 4.31. The van der Waals surface area contributed by atoms with Crippen molar-refractivity contribution in [2.75, 3.05) is 6.54 Å². The van der Waals surface area contributed by atoms with E-state index >= 15 is 0 Å². The molecule has 0 atom stereocenters. The number of hydrogen-bond donors (Lipinski definition) is 3. The maximum absolute atomic E-state index is 10.7. The van der Waals surface area contributed by atoms with Crippen molar-refractivity contribution in [2.24, 2.45) is 5.73 Å². The summed E-state index contributed by atoms with van der Waals surface area (Å²) in [6.45, 7) is 0.416. The van der Waals surface area contributed by atoms with Crippen LogP contribution in [0.4, 0.5) is 0 Å². The standard InChI is InChI=1S/C6H9N3O2.ClH/c7-2-1-4-3-5(10)9-6(11)8-4;/h3H,1-2,7H2,(H2,8,9,10,11);1H. The second-order valence-corrected chi connectivity index (χ2v) is 2.15. The summed E-state index contributed by atoms with van der Waals surface area (Å²) < 4.78 is 0. The summed E-state index contributed by atoms with van der Waals surface area (Å²) in [6, 6.07) is 1.33. The second kappa shape index (κ2) is 4.74. The molecule has 1 aromatic rings. The fourth-order valence-corrected chi connectivity index (χ4v) is 0.810. The van der Waals surface area contributed by atoms with E-state index in [1.807, 2.05) is 0 Å². The minimum Gasteiger partial charge on any atom is -0.330 e. The Labute approximate surface area is 74.4 Å². The van der Waals surface area contributed by atoms with Crippen molar-refractivity contribution in [3.05, 3.63) is 32.6 Å². The van der Waals surface area contributed by atoms with Crippen molar-refractivity contribution in [1.29, 1.82) is 0 Å². The van der Waals surface area contributed by atoms with Crippen molar-refractivity contribution < 1.29 is 0 Å². The third kappa shape index (κ3) is 2.89. The van der Waals surface area contributed by atoms with E-state index in [9.17, 15) is 9.59 Å². The van der Waals surface area contributed by atoms with Crippen LogP contribution in [-0.2, 0) is 6.42 Å². The van der Waals surface area contributed by atoms with Crippen LogP contribution in [0.3, 0.4) is 0 Å². The lowest BCUT2D eigenvalue weighted by molar-refractivity contribution is 0.880. The van der Waals surface area contributed by atoms with Crippen LogP contribution in [0.15, 0.2) is 15.7 Å². The summed E-state index contributed by atoms with van der Waals surface area (Å²) in [7, 11) is 0. The fraction of sp³-hybridized carbons (Fsp3) is 0.333. The van der Waals surface area contributed by atoms with Gasteiger partial charge in [-0.25, -0.2) is 4.79 Å². The Balaban J connectivity index is 0.00000121. The van der Waals surface area contributed by atoms with Gasteiger partial charge in [0.15, 0.2) is 0 Å². The first-order valence-electron chi connectivity index (χ1n) is 3.25. The molecule has 1 rings (SSSR count). The molecule has 0 radical (unpaired) electrons. The number of nitrogens with two attached hydrogens (primary N) is 1. The predicted molar refractivity (Wildman–Crippen MR) is 47.7 cm³/mol. The van der Waals surface area contributed by atoms with Gasteiger partial charge in [-0.2, -0.15) is 0 Å². The van der Waals surface area contributed by atoms with Gasteiger partial charge < -0.3 is 10.7 Å². The number of aromatic amines is 2. The van der Waals surface area contributed by atoms with Crippen LogP contribution in [0.2, 0.25) is 0 Å². The first kappa shape index (κ1) is 10.9. The topological polar surface area (TPSA) is 91.7 Å². The Bertz CT molecular complexity index is 315. The van der Waals surface area contributed by atoms with Crippen LogP contribution in [0.5, 0.6) is 0 Å². The Morgan fingerprint density at radius 2 is 2.00 bits per heavy atom. The van der Waals surface area contributed by atoms with Crippen LogP contribution < -0.4 is 17.0 Å². The number of hydrogen-bond acceptors (Lipinski definition) is 3. The summed E-state index contributed by atoms with van der Waals surface area (Å²) in [5.41, 5.74) is 4.92. The molecule has 0 aliphatic heterocycles. The molecule has 12 heavy (non-hydrogen) atoms. The van der Waals surface area contributed by atoms with Gasteiger partial charge in [0.25, 0.3) is 5.56 Å². The lowest BCUT2D eigenvalue weighted by Crippen LogP contribution is -2.23. The fourth-order valence-electron chi connectivity index (χ4n) is 0.810. The molecular weight excluding hydrogens is 182 g/mol. The van der Waals surface area contributed by atoms with Gasteiger partial charge in [-0.15, -0.1) is 12.4 Å². The van der Waals surface area contributed by atoms with E-state index in [0.717, 1.165) is 0 Å².